The van der Waals surface area contributed by atoms with Crippen LogP contribution in [0.15, 0.2) is 36.9 Å². The maximum atomic E-state index is 5.89. The smallest absolute Gasteiger partial charge is 0.224 e. The van der Waals surface area contributed by atoms with Crippen LogP contribution < -0.4 is 9.64 Å². The fourth-order valence-corrected chi connectivity index (χ4v) is 4.05. The number of aromatic nitrogens is 4. The molecule has 1 aliphatic carbocycles. The number of ether oxygens (including phenoxy) is 1. The second-order valence-electron chi connectivity index (χ2n) is 8.29. The summed E-state index contributed by atoms with van der Waals surface area (Å²) in [5.41, 5.74) is 2.13. The molecule has 0 radical (unpaired) electrons. The van der Waals surface area contributed by atoms with E-state index in [0.717, 1.165) is 43.6 Å². The van der Waals surface area contributed by atoms with Crippen LogP contribution in [0.4, 0.5) is 5.69 Å². The largest absolute Gasteiger partial charge is 0.474 e. The summed E-state index contributed by atoms with van der Waals surface area (Å²) in [7, 11) is 0. The molecule has 1 saturated heterocycles. The average Bonchev–Trinajstić information content (AvgIpc) is 3.47. The molecule has 7 heteroatoms. The lowest BCUT2D eigenvalue weighted by molar-refractivity contribution is 0.235. The minimum Gasteiger partial charge on any atom is -0.474 e. The summed E-state index contributed by atoms with van der Waals surface area (Å²) in [4.78, 5) is 18.3. The third-order valence-electron chi connectivity index (χ3n) is 5.72. The number of imidazole rings is 1. The zero-order valence-corrected chi connectivity index (χ0v) is 17.2. The van der Waals surface area contributed by atoms with Gasteiger partial charge in [-0.1, -0.05) is 0 Å². The first kappa shape index (κ1) is 18.4. The van der Waals surface area contributed by atoms with Gasteiger partial charge in [0.05, 0.1) is 23.6 Å². The van der Waals surface area contributed by atoms with Crippen LogP contribution in [0, 0.1) is 0 Å². The van der Waals surface area contributed by atoms with E-state index in [4.69, 9.17) is 4.74 Å². The van der Waals surface area contributed by atoms with Gasteiger partial charge in [0.15, 0.2) is 0 Å². The first-order valence-electron chi connectivity index (χ1n) is 10.6. The van der Waals surface area contributed by atoms with Gasteiger partial charge in [-0.2, -0.15) is 0 Å². The van der Waals surface area contributed by atoms with Gasteiger partial charge in [0.2, 0.25) is 5.88 Å². The van der Waals surface area contributed by atoms with Crippen LogP contribution in [-0.4, -0.2) is 56.7 Å². The SMILES string of the molecule is CC(C)Oc1ncnc2ccc(N3CCN(Cc4nccn4C4CC4)CC3)cc12. The zero-order valence-electron chi connectivity index (χ0n) is 17.2. The van der Waals surface area contributed by atoms with Gasteiger partial charge in [0.1, 0.15) is 12.2 Å². The van der Waals surface area contributed by atoms with Crippen LogP contribution in [0.25, 0.3) is 10.9 Å². The van der Waals surface area contributed by atoms with Gasteiger partial charge >= 0.3 is 0 Å². The number of fused-ring (bicyclic) bond motifs is 1. The second-order valence-corrected chi connectivity index (χ2v) is 8.29. The fraction of sp³-hybridized carbons (Fsp3) is 0.500. The number of hydrogen-bond acceptors (Lipinski definition) is 6. The quantitative estimate of drug-likeness (QED) is 0.642. The topological polar surface area (TPSA) is 59.3 Å². The molecule has 2 aromatic heterocycles. The van der Waals surface area contributed by atoms with Crippen molar-refractivity contribution in [2.45, 2.75) is 45.4 Å². The third kappa shape index (κ3) is 3.92. The van der Waals surface area contributed by atoms with Crippen LogP contribution in [0.1, 0.15) is 38.6 Å². The standard InChI is InChI=1S/C22H28N6O/c1-16(2)29-22-19-13-18(5-6-20(19)24-15-25-22)27-11-9-26(10-12-27)14-21-23-7-8-28(21)17-3-4-17/h5-8,13,15-17H,3-4,9-12,14H2,1-2H3. The van der Waals surface area contributed by atoms with E-state index in [1.54, 1.807) is 6.33 Å². The van der Waals surface area contributed by atoms with E-state index in [1.165, 1.54) is 24.4 Å². The molecule has 0 atom stereocenters. The molecule has 1 aromatic carbocycles. The Morgan fingerprint density at radius 2 is 1.90 bits per heavy atom. The molecule has 7 nitrogen and oxygen atoms in total. The number of hydrogen-bond donors (Lipinski definition) is 0. The van der Waals surface area contributed by atoms with Crippen LogP contribution in [0.5, 0.6) is 5.88 Å². The van der Waals surface area contributed by atoms with E-state index in [9.17, 15) is 0 Å². The summed E-state index contributed by atoms with van der Waals surface area (Å²) in [5, 5.41) is 0.979. The molecule has 29 heavy (non-hydrogen) atoms. The van der Waals surface area contributed by atoms with E-state index in [2.05, 4.69) is 53.7 Å². The van der Waals surface area contributed by atoms with Crippen molar-refractivity contribution in [3.63, 3.8) is 0 Å². The Hall–Kier alpha value is -2.67. The van der Waals surface area contributed by atoms with E-state index in [1.807, 2.05) is 20.0 Å². The van der Waals surface area contributed by atoms with Crippen molar-refractivity contribution in [2.24, 2.45) is 0 Å². The van der Waals surface area contributed by atoms with E-state index < -0.39 is 0 Å². The highest BCUT2D eigenvalue weighted by Gasteiger charge is 2.26. The molecule has 152 valence electrons. The molecule has 0 unspecified atom stereocenters. The van der Waals surface area contributed by atoms with Gasteiger partial charge < -0.3 is 14.2 Å². The number of nitrogens with zero attached hydrogens (tertiary/aromatic N) is 6. The predicted octanol–water partition coefficient (Wildman–Crippen LogP) is 3.27. The summed E-state index contributed by atoms with van der Waals surface area (Å²) in [5.74, 6) is 1.87. The Labute approximate surface area is 171 Å². The predicted molar refractivity (Wildman–Crippen MR) is 113 cm³/mol. The Morgan fingerprint density at radius 3 is 2.66 bits per heavy atom. The van der Waals surface area contributed by atoms with Crippen LogP contribution in [0.2, 0.25) is 0 Å². The summed E-state index contributed by atoms with van der Waals surface area (Å²) < 4.78 is 8.26. The highest BCUT2D eigenvalue weighted by Crippen LogP contribution is 2.35. The molecule has 3 aromatic rings. The normalized spacial score (nSPS) is 18.0. The maximum Gasteiger partial charge on any atom is 0.224 e. The van der Waals surface area contributed by atoms with Crippen LogP contribution in [-0.2, 0) is 6.54 Å². The maximum absolute atomic E-state index is 5.89. The lowest BCUT2D eigenvalue weighted by Gasteiger charge is -2.36. The molecule has 0 amide bonds. The van der Waals surface area contributed by atoms with E-state index in [-0.39, 0.29) is 6.10 Å². The molecule has 0 bridgehead atoms. The van der Waals surface area contributed by atoms with Crippen molar-refractivity contribution >= 4 is 16.6 Å². The number of piperazine rings is 1. The lowest BCUT2D eigenvalue weighted by atomic mass is 10.2. The zero-order chi connectivity index (χ0) is 19.8. The van der Waals surface area contributed by atoms with E-state index in [0.29, 0.717) is 11.9 Å². The van der Waals surface area contributed by atoms with Crippen molar-refractivity contribution < 1.29 is 4.74 Å². The van der Waals surface area contributed by atoms with Gasteiger partial charge in [-0.05, 0) is 44.9 Å². The van der Waals surface area contributed by atoms with Crippen molar-refractivity contribution in [2.75, 3.05) is 31.1 Å². The van der Waals surface area contributed by atoms with Crippen LogP contribution >= 0.6 is 0 Å². The number of anilines is 1. The summed E-state index contributed by atoms with van der Waals surface area (Å²) >= 11 is 0. The van der Waals surface area contributed by atoms with Gasteiger partial charge in [0.25, 0.3) is 0 Å². The molecule has 2 aliphatic rings. The lowest BCUT2D eigenvalue weighted by Crippen LogP contribution is -2.46. The summed E-state index contributed by atoms with van der Waals surface area (Å²) in [6.07, 6.45) is 8.33. The average molecular weight is 393 g/mol. The Balaban J connectivity index is 1.27. The van der Waals surface area contributed by atoms with Gasteiger partial charge in [-0.25, -0.2) is 15.0 Å². The third-order valence-corrected chi connectivity index (χ3v) is 5.72. The summed E-state index contributed by atoms with van der Waals surface area (Å²) in [6, 6.07) is 7.08. The molecule has 3 heterocycles. The molecule has 1 saturated carbocycles. The van der Waals surface area contributed by atoms with Gasteiger partial charge in [0, 0.05) is 50.3 Å². The highest BCUT2D eigenvalue weighted by molar-refractivity contribution is 5.86. The van der Waals surface area contributed by atoms with Crippen molar-refractivity contribution in [3.05, 3.63) is 42.7 Å². The molecule has 0 N–H and O–H groups in total. The molecule has 5 rings (SSSR count). The molecular formula is C22H28N6O. The van der Waals surface area contributed by atoms with Crippen molar-refractivity contribution in [3.8, 4) is 5.88 Å². The second kappa shape index (κ2) is 7.63. The molecular weight excluding hydrogens is 364 g/mol. The Kier molecular flexibility index (Phi) is 4.83. The Morgan fingerprint density at radius 1 is 1.07 bits per heavy atom. The first-order chi connectivity index (χ1) is 14.2. The van der Waals surface area contributed by atoms with Crippen molar-refractivity contribution in [1.29, 1.82) is 0 Å². The minimum atomic E-state index is 0.0866. The molecule has 2 fully saturated rings. The van der Waals surface area contributed by atoms with E-state index >= 15 is 0 Å². The highest BCUT2D eigenvalue weighted by atomic mass is 16.5. The molecule has 0 spiro atoms. The summed E-state index contributed by atoms with van der Waals surface area (Å²) in [6.45, 7) is 9.06. The van der Waals surface area contributed by atoms with Gasteiger partial charge in [-0.3, -0.25) is 4.90 Å². The monoisotopic (exact) mass is 392 g/mol. The Bertz CT molecular complexity index is 988. The van der Waals surface area contributed by atoms with Gasteiger partial charge in [-0.15, -0.1) is 0 Å². The first-order valence-corrected chi connectivity index (χ1v) is 10.6. The minimum absolute atomic E-state index is 0.0866. The number of benzene rings is 1. The molecule has 1 aliphatic heterocycles. The van der Waals surface area contributed by atoms with Crippen LogP contribution in [0.3, 0.4) is 0 Å². The fourth-order valence-electron chi connectivity index (χ4n) is 4.05. The number of rotatable bonds is 6. The van der Waals surface area contributed by atoms with Crippen molar-refractivity contribution in [1.82, 2.24) is 24.4 Å².